The van der Waals surface area contributed by atoms with Crippen LogP contribution in [0, 0.1) is 17.6 Å². The second-order valence-corrected chi connectivity index (χ2v) is 4.85. The lowest BCUT2D eigenvalue weighted by Crippen LogP contribution is -2.21. The lowest BCUT2D eigenvalue weighted by atomic mass is 10.1. The third-order valence-electron chi connectivity index (χ3n) is 2.68. The molecule has 1 aromatic rings. The van der Waals surface area contributed by atoms with E-state index in [1.54, 1.807) is 6.08 Å². The highest BCUT2D eigenvalue weighted by Crippen LogP contribution is 2.15. The number of halogens is 2. The molecule has 3 heteroatoms. The lowest BCUT2D eigenvalue weighted by molar-refractivity contribution is 0.569. The molecule has 1 N–H and O–H groups in total. The summed E-state index contributed by atoms with van der Waals surface area (Å²) in [6, 6.07) is 3.53. The third kappa shape index (κ3) is 4.96. The van der Waals surface area contributed by atoms with E-state index in [1.165, 1.54) is 6.07 Å². The molecule has 0 aromatic heterocycles. The fourth-order valence-electron chi connectivity index (χ4n) is 1.64. The topological polar surface area (TPSA) is 12.0 Å². The Balaban J connectivity index is 2.74. The minimum atomic E-state index is -0.409. The molecule has 1 nitrogen and oxygen atoms in total. The van der Waals surface area contributed by atoms with Crippen molar-refractivity contribution in [1.29, 1.82) is 0 Å². The maximum absolute atomic E-state index is 13.5. The third-order valence-corrected chi connectivity index (χ3v) is 2.68. The Labute approximate surface area is 108 Å². The summed E-state index contributed by atoms with van der Waals surface area (Å²) >= 11 is 0. The highest BCUT2D eigenvalue weighted by Gasteiger charge is 2.03. The molecule has 18 heavy (non-hydrogen) atoms. The van der Waals surface area contributed by atoms with Crippen molar-refractivity contribution in [3.63, 3.8) is 0 Å². The van der Waals surface area contributed by atoms with Crippen LogP contribution in [0.1, 0.15) is 32.8 Å². The monoisotopic (exact) mass is 253 g/mol. The first-order chi connectivity index (χ1) is 8.52. The molecule has 0 heterocycles. The Kier molecular flexibility index (Phi) is 5.99. The predicted molar refractivity (Wildman–Crippen MR) is 72.3 cm³/mol. The van der Waals surface area contributed by atoms with Crippen molar-refractivity contribution in [2.45, 2.75) is 27.2 Å². The number of hydrogen-bond donors (Lipinski definition) is 1. The fraction of sp³-hybridized carbons (Fsp3) is 0.467. The van der Waals surface area contributed by atoms with Gasteiger partial charge in [-0.1, -0.05) is 32.4 Å². The second-order valence-electron chi connectivity index (χ2n) is 4.85. The van der Waals surface area contributed by atoms with Gasteiger partial charge in [-0.05, 0) is 37.1 Å². The van der Waals surface area contributed by atoms with E-state index in [2.05, 4.69) is 19.2 Å². The zero-order valence-corrected chi connectivity index (χ0v) is 11.3. The van der Waals surface area contributed by atoms with Crippen LogP contribution < -0.4 is 5.32 Å². The average Bonchev–Trinajstić information content (AvgIpc) is 2.32. The summed E-state index contributed by atoms with van der Waals surface area (Å²) in [5.74, 6) is -0.214. The summed E-state index contributed by atoms with van der Waals surface area (Å²) in [6.07, 6.45) is 2.55. The number of nitrogens with one attached hydrogen (secondary N) is 1. The summed E-state index contributed by atoms with van der Waals surface area (Å²) in [4.78, 5) is 0. The Morgan fingerprint density at radius 1 is 1.33 bits per heavy atom. The van der Waals surface area contributed by atoms with Gasteiger partial charge in [0.05, 0.1) is 0 Å². The second kappa shape index (κ2) is 7.27. The Hall–Kier alpha value is -1.22. The van der Waals surface area contributed by atoms with Crippen molar-refractivity contribution >= 4 is 6.08 Å². The summed E-state index contributed by atoms with van der Waals surface area (Å²) in [7, 11) is 0. The van der Waals surface area contributed by atoms with E-state index in [-0.39, 0.29) is 5.82 Å². The van der Waals surface area contributed by atoms with E-state index in [0.29, 0.717) is 18.0 Å². The SMILES string of the molecule is CCC(=Cc1cc(F)ccc1F)CNCC(C)C. The minimum absolute atomic E-state index is 0.318. The summed E-state index contributed by atoms with van der Waals surface area (Å²) < 4.78 is 26.5. The average molecular weight is 253 g/mol. The molecule has 0 bridgehead atoms. The van der Waals surface area contributed by atoms with Crippen molar-refractivity contribution in [1.82, 2.24) is 5.32 Å². The van der Waals surface area contributed by atoms with Crippen LogP contribution in [0.15, 0.2) is 23.8 Å². The molecule has 1 rings (SSSR count). The predicted octanol–water partition coefficient (Wildman–Crippen LogP) is 4.00. The van der Waals surface area contributed by atoms with Crippen LogP contribution in [0.3, 0.4) is 0 Å². The maximum Gasteiger partial charge on any atom is 0.130 e. The molecule has 0 fully saturated rings. The quantitative estimate of drug-likeness (QED) is 0.808. The first-order valence-corrected chi connectivity index (χ1v) is 6.38. The van der Waals surface area contributed by atoms with Crippen LogP contribution in [-0.2, 0) is 0 Å². The highest BCUT2D eigenvalue weighted by molar-refractivity contribution is 5.53. The van der Waals surface area contributed by atoms with E-state index in [9.17, 15) is 8.78 Å². The normalized spacial score (nSPS) is 12.2. The molecule has 1 aromatic carbocycles. The van der Waals surface area contributed by atoms with Gasteiger partial charge < -0.3 is 5.32 Å². The highest BCUT2D eigenvalue weighted by atomic mass is 19.1. The molecule has 0 spiro atoms. The first-order valence-electron chi connectivity index (χ1n) is 6.38. The lowest BCUT2D eigenvalue weighted by Gasteiger charge is -2.10. The zero-order valence-electron chi connectivity index (χ0n) is 11.3. The van der Waals surface area contributed by atoms with Gasteiger partial charge in [0.2, 0.25) is 0 Å². The van der Waals surface area contributed by atoms with Crippen LogP contribution in [0.5, 0.6) is 0 Å². The Bertz CT molecular complexity index is 411. The van der Waals surface area contributed by atoms with Crippen molar-refractivity contribution in [2.24, 2.45) is 5.92 Å². The molecule has 0 radical (unpaired) electrons. The van der Waals surface area contributed by atoms with Crippen LogP contribution in [0.4, 0.5) is 8.78 Å². The molecule has 0 amide bonds. The van der Waals surface area contributed by atoms with Crippen LogP contribution in [0.2, 0.25) is 0 Å². The largest absolute Gasteiger partial charge is 0.313 e. The van der Waals surface area contributed by atoms with Gasteiger partial charge in [-0.3, -0.25) is 0 Å². The van der Waals surface area contributed by atoms with E-state index in [4.69, 9.17) is 0 Å². The van der Waals surface area contributed by atoms with Gasteiger partial charge in [0, 0.05) is 12.1 Å². The maximum atomic E-state index is 13.5. The van der Waals surface area contributed by atoms with E-state index >= 15 is 0 Å². The van der Waals surface area contributed by atoms with Gasteiger partial charge >= 0.3 is 0 Å². The molecule has 0 aliphatic carbocycles. The van der Waals surface area contributed by atoms with Gasteiger partial charge in [0.25, 0.3) is 0 Å². The van der Waals surface area contributed by atoms with Gasteiger partial charge in [0.15, 0.2) is 0 Å². The van der Waals surface area contributed by atoms with E-state index in [1.807, 2.05) is 6.92 Å². The fourth-order valence-corrected chi connectivity index (χ4v) is 1.64. The Morgan fingerprint density at radius 2 is 2.06 bits per heavy atom. The summed E-state index contributed by atoms with van der Waals surface area (Å²) in [6.45, 7) is 7.91. The molecular formula is C15H21F2N. The molecule has 0 aliphatic heterocycles. The summed E-state index contributed by atoms with van der Waals surface area (Å²) in [5.41, 5.74) is 1.39. The molecule has 0 saturated carbocycles. The summed E-state index contributed by atoms with van der Waals surface area (Å²) in [5, 5.41) is 3.31. The zero-order chi connectivity index (χ0) is 13.5. The van der Waals surface area contributed by atoms with Gasteiger partial charge in [-0.15, -0.1) is 0 Å². The molecular weight excluding hydrogens is 232 g/mol. The van der Waals surface area contributed by atoms with Crippen molar-refractivity contribution < 1.29 is 8.78 Å². The minimum Gasteiger partial charge on any atom is -0.313 e. The molecule has 0 unspecified atom stereocenters. The van der Waals surface area contributed by atoms with Gasteiger partial charge in [-0.25, -0.2) is 8.78 Å². The molecule has 100 valence electrons. The Morgan fingerprint density at radius 3 is 2.67 bits per heavy atom. The van der Waals surface area contributed by atoms with Crippen molar-refractivity contribution in [3.8, 4) is 0 Å². The van der Waals surface area contributed by atoms with Crippen LogP contribution >= 0.6 is 0 Å². The number of benzene rings is 1. The van der Waals surface area contributed by atoms with Gasteiger partial charge in [-0.2, -0.15) is 0 Å². The standard InChI is InChI=1S/C15H21F2N/c1-4-12(10-18-9-11(2)3)7-13-8-14(16)5-6-15(13)17/h5-8,11,18H,4,9-10H2,1-3H3. The molecule has 0 saturated heterocycles. The van der Waals surface area contributed by atoms with E-state index < -0.39 is 5.82 Å². The van der Waals surface area contributed by atoms with Crippen LogP contribution in [-0.4, -0.2) is 13.1 Å². The number of hydrogen-bond acceptors (Lipinski definition) is 1. The number of rotatable bonds is 6. The van der Waals surface area contributed by atoms with Crippen molar-refractivity contribution in [3.05, 3.63) is 41.0 Å². The molecule has 0 aliphatic rings. The van der Waals surface area contributed by atoms with Crippen molar-refractivity contribution in [2.75, 3.05) is 13.1 Å². The smallest absolute Gasteiger partial charge is 0.130 e. The molecule has 0 atom stereocenters. The van der Waals surface area contributed by atoms with E-state index in [0.717, 1.165) is 30.7 Å². The van der Waals surface area contributed by atoms with Crippen LogP contribution in [0.25, 0.3) is 6.08 Å². The first kappa shape index (κ1) is 14.8. The van der Waals surface area contributed by atoms with Gasteiger partial charge in [0.1, 0.15) is 11.6 Å².